The Morgan fingerprint density at radius 1 is 1.21 bits per heavy atom. The molecule has 4 heteroatoms. The number of nitrogens with zero attached hydrogens (tertiary/aromatic N) is 1. The maximum absolute atomic E-state index is 11.1. The topological polar surface area (TPSA) is 53.7 Å². The van der Waals surface area contributed by atoms with Gasteiger partial charge in [0, 0.05) is 18.7 Å². The third kappa shape index (κ3) is 3.23. The molecule has 1 aromatic carbocycles. The van der Waals surface area contributed by atoms with Crippen LogP contribution >= 0.6 is 0 Å². The minimum absolute atomic E-state index is 0.360. The van der Waals surface area contributed by atoms with Crippen molar-refractivity contribution in [3.8, 4) is 0 Å². The van der Waals surface area contributed by atoms with Crippen LogP contribution in [0.15, 0.2) is 41.0 Å². The fourth-order valence-electron chi connectivity index (χ4n) is 2.08. The molecule has 0 saturated heterocycles. The van der Waals surface area contributed by atoms with Crippen molar-refractivity contribution in [2.45, 2.75) is 20.0 Å². The van der Waals surface area contributed by atoms with Gasteiger partial charge in [-0.05, 0) is 31.7 Å². The van der Waals surface area contributed by atoms with Gasteiger partial charge in [0.1, 0.15) is 5.76 Å². The molecule has 1 aromatic heterocycles. The number of aromatic carboxylic acids is 1. The Morgan fingerprint density at radius 2 is 1.89 bits per heavy atom. The van der Waals surface area contributed by atoms with Crippen molar-refractivity contribution in [3.63, 3.8) is 0 Å². The number of aryl methyl sites for hydroxylation is 1. The minimum Gasteiger partial charge on any atom is -0.478 e. The van der Waals surface area contributed by atoms with E-state index in [2.05, 4.69) is 4.90 Å². The smallest absolute Gasteiger partial charge is 0.336 e. The Morgan fingerprint density at radius 3 is 2.53 bits per heavy atom. The maximum Gasteiger partial charge on any atom is 0.336 e. The SMILES string of the molecule is Cc1occc1CN(C)Cc1ccccc1C(=O)O. The Labute approximate surface area is 112 Å². The Balaban J connectivity index is 2.09. The molecule has 0 fully saturated rings. The average molecular weight is 259 g/mol. The summed E-state index contributed by atoms with van der Waals surface area (Å²) in [6, 6.07) is 9.03. The van der Waals surface area contributed by atoms with Crippen LogP contribution in [0.2, 0.25) is 0 Å². The van der Waals surface area contributed by atoms with Gasteiger partial charge in [0.05, 0.1) is 11.8 Å². The molecule has 0 atom stereocenters. The molecule has 0 saturated carbocycles. The zero-order valence-corrected chi connectivity index (χ0v) is 11.1. The van der Waals surface area contributed by atoms with Crippen LogP contribution in [0.25, 0.3) is 0 Å². The fourth-order valence-corrected chi connectivity index (χ4v) is 2.08. The van der Waals surface area contributed by atoms with Crippen molar-refractivity contribution in [1.82, 2.24) is 4.90 Å². The van der Waals surface area contributed by atoms with Crippen molar-refractivity contribution in [1.29, 1.82) is 0 Å². The summed E-state index contributed by atoms with van der Waals surface area (Å²) < 4.78 is 5.26. The number of carbonyl (C=O) groups is 1. The van der Waals surface area contributed by atoms with Crippen LogP contribution in [0.3, 0.4) is 0 Å². The van der Waals surface area contributed by atoms with Crippen molar-refractivity contribution in [3.05, 3.63) is 59.0 Å². The van der Waals surface area contributed by atoms with E-state index in [0.717, 1.165) is 23.4 Å². The molecule has 1 N–H and O–H groups in total. The third-order valence-corrected chi connectivity index (χ3v) is 3.09. The van der Waals surface area contributed by atoms with Crippen LogP contribution in [0.5, 0.6) is 0 Å². The van der Waals surface area contributed by atoms with E-state index in [-0.39, 0.29) is 0 Å². The molecular weight excluding hydrogens is 242 g/mol. The van der Waals surface area contributed by atoms with E-state index in [1.54, 1.807) is 18.4 Å². The highest BCUT2D eigenvalue weighted by Gasteiger charge is 2.12. The number of carboxylic acid groups (broad SMARTS) is 1. The first-order valence-electron chi connectivity index (χ1n) is 6.10. The number of benzene rings is 1. The van der Waals surface area contributed by atoms with E-state index in [0.29, 0.717) is 12.1 Å². The monoisotopic (exact) mass is 259 g/mol. The van der Waals surface area contributed by atoms with Gasteiger partial charge in [0.15, 0.2) is 0 Å². The van der Waals surface area contributed by atoms with Crippen LogP contribution in [0.1, 0.15) is 27.2 Å². The van der Waals surface area contributed by atoms with E-state index in [4.69, 9.17) is 9.52 Å². The summed E-state index contributed by atoms with van der Waals surface area (Å²) in [5, 5.41) is 9.15. The second-order valence-corrected chi connectivity index (χ2v) is 4.64. The molecule has 0 unspecified atom stereocenters. The highest BCUT2D eigenvalue weighted by Crippen LogP contribution is 2.15. The zero-order valence-electron chi connectivity index (χ0n) is 11.1. The molecule has 0 aliphatic rings. The van der Waals surface area contributed by atoms with Crippen molar-refractivity contribution >= 4 is 5.97 Å². The molecule has 100 valence electrons. The number of hydrogen-bond donors (Lipinski definition) is 1. The van der Waals surface area contributed by atoms with Crippen LogP contribution in [-0.2, 0) is 13.1 Å². The molecule has 0 radical (unpaired) electrons. The largest absolute Gasteiger partial charge is 0.478 e. The van der Waals surface area contributed by atoms with Crippen LogP contribution in [-0.4, -0.2) is 23.0 Å². The number of hydrogen-bond acceptors (Lipinski definition) is 3. The fraction of sp³-hybridized carbons (Fsp3) is 0.267. The summed E-state index contributed by atoms with van der Waals surface area (Å²) in [4.78, 5) is 13.2. The van der Waals surface area contributed by atoms with Crippen molar-refractivity contribution < 1.29 is 14.3 Å². The summed E-state index contributed by atoms with van der Waals surface area (Å²) >= 11 is 0. The normalized spacial score (nSPS) is 10.9. The second-order valence-electron chi connectivity index (χ2n) is 4.64. The van der Waals surface area contributed by atoms with Crippen LogP contribution in [0.4, 0.5) is 0 Å². The number of rotatable bonds is 5. The van der Waals surface area contributed by atoms with Gasteiger partial charge in [-0.2, -0.15) is 0 Å². The van der Waals surface area contributed by atoms with Gasteiger partial charge in [-0.3, -0.25) is 4.90 Å². The highest BCUT2D eigenvalue weighted by atomic mass is 16.4. The van der Waals surface area contributed by atoms with Gasteiger partial charge in [0.25, 0.3) is 0 Å². The summed E-state index contributed by atoms with van der Waals surface area (Å²) in [6.45, 7) is 3.25. The minimum atomic E-state index is -0.886. The van der Waals surface area contributed by atoms with Crippen molar-refractivity contribution in [2.75, 3.05) is 7.05 Å². The molecule has 1 heterocycles. The highest BCUT2D eigenvalue weighted by molar-refractivity contribution is 5.89. The number of furan rings is 1. The summed E-state index contributed by atoms with van der Waals surface area (Å²) in [5.41, 5.74) is 2.30. The first kappa shape index (κ1) is 13.4. The van der Waals surface area contributed by atoms with E-state index in [1.165, 1.54) is 0 Å². The molecule has 0 bridgehead atoms. The molecule has 2 aromatic rings. The second kappa shape index (κ2) is 5.71. The lowest BCUT2D eigenvalue weighted by Gasteiger charge is -2.17. The quantitative estimate of drug-likeness (QED) is 0.897. The van der Waals surface area contributed by atoms with Crippen molar-refractivity contribution in [2.24, 2.45) is 0 Å². The van der Waals surface area contributed by atoms with Gasteiger partial charge in [-0.1, -0.05) is 18.2 Å². The summed E-state index contributed by atoms with van der Waals surface area (Å²) in [5.74, 6) is 0.0156. The molecule has 0 aliphatic carbocycles. The van der Waals surface area contributed by atoms with Gasteiger partial charge in [0.2, 0.25) is 0 Å². The molecule has 19 heavy (non-hydrogen) atoms. The predicted molar refractivity (Wildman–Crippen MR) is 72.0 cm³/mol. The maximum atomic E-state index is 11.1. The van der Waals surface area contributed by atoms with E-state index in [9.17, 15) is 4.79 Å². The van der Waals surface area contributed by atoms with Crippen LogP contribution in [0, 0.1) is 6.92 Å². The Hall–Kier alpha value is -2.07. The molecule has 2 rings (SSSR count). The molecular formula is C15H17NO3. The lowest BCUT2D eigenvalue weighted by atomic mass is 10.1. The lowest BCUT2D eigenvalue weighted by molar-refractivity contribution is 0.0694. The number of carboxylic acids is 1. The molecule has 0 amide bonds. The van der Waals surface area contributed by atoms with Gasteiger partial charge >= 0.3 is 5.97 Å². The Kier molecular flexibility index (Phi) is 4.02. The van der Waals surface area contributed by atoms with E-state index in [1.807, 2.05) is 32.2 Å². The van der Waals surface area contributed by atoms with E-state index < -0.39 is 5.97 Å². The Bertz CT molecular complexity index is 574. The van der Waals surface area contributed by atoms with Gasteiger partial charge in [-0.25, -0.2) is 4.79 Å². The predicted octanol–water partition coefficient (Wildman–Crippen LogP) is 2.92. The zero-order chi connectivity index (χ0) is 13.8. The van der Waals surface area contributed by atoms with Gasteiger partial charge < -0.3 is 9.52 Å². The lowest BCUT2D eigenvalue weighted by Crippen LogP contribution is -2.19. The summed E-state index contributed by atoms with van der Waals surface area (Å²) in [7, 11) is 1.96. The first-order chi connectivity index (χ1) is 9.08. The third-order valence-electron chi connectivity index (χ3n) is 3.09. The van der Waals surface area contributed by atoms with Crippen LogP contribution < -0.4 is 0 Å². The van der Waals surface area contributed by atoms with E-state index >= 15 is 0 Å². The van der Waals surface area contributed by atoms with Gasteiger partial charge in [-0.15, -0.1) is 0 Å². The molecule has 4 nitrogen and oxygen atoms in total. The average Bonchev–Trinajstić information content (AvgIpc) is 2.75. The molecule has 0 spiro atoms. The molecule has 0 aliphatic heterocycles. The summed E-state index contributed by atoms with van der Waals surface area (Å²) in [6.07, 6.45) is 1.67. The first-order valence-corrected chi connectivity index (χ1v) is 6.10. The standard InChI is InChI=1S/C15H17NO3/c1-11-12(7-8-19-11)9-16(2)10-13-5-3-4-6-14(13)15(17)18/h3-8H,9-10H2,1-2H3,(H,17,18).